The zero-order valence-corrected chi connectivity index (χ0v) is 18.7. The number of allylic oxidation sites excluding steroid dienone is 2. The zero-order chi connectivity index (χ0) is 20.3. The fourth-order valence-corrected chi connectivity index (χ4v) is 4.36. The van der Waals surface area contributed by atoms with Crippen molar-refractivity contribution in [2.45, 2.75) is 102 Å². The predicted octanol–water partition coefficient (Wildman–Crippen LogP) is 7.00. The number of rotatable bonds is 18. The molecule has 0 amide bonds. The second-order valence-electron chi connectivity index (χ2n) is 7.65. The molecule has 0 saturated carbocycles. The molecule has 0 unspecified atom stereocenters. The van der Waals surface area contributed by atoms with Gasteiger partial charge in [-0.2, -0.15) is 0 Å². The Morgan fingerprint density at radius 3 is 1.79 bits per heavy atom. The lowest BCUT2D eigenvalue weighted by Crippen LogP contribution is -2.24. The summed E-state index contributed by atoms with van der Waals surface area (Å²) in [4.78, 5) is 0.347. The summed E-state index contributed by atoms with van der Waals surface area (Å²) < 4.78 is 26.8. The van der Waals surface area contributed by atoms with Crippen molar-refractivity contribution in [2.24, 2.45) is 0 Å². The molecule has 0 aliphatic carbocycles. The van der Waals surface area contributed by atoms with Gasteiger partial charge in [0.1, 0.15) is 0 Å². The molecule has 0 spiro atoms. The van der Waals surface area contributed by atoms with Crippen molar-refractivity contribution in [2.75, 3.05) is 6.54 Å². The zero-order valence-electron chi connectivity index (χ0n) is 17.9. The van der Waals surface area contributed by atoms with Crippen LogP contribution in [-0.2, 0) is 10.0 Å². The molecule has 0 saturated heterocycles. The molecule has 1 N–H and O–H groups in total. The van der Waals surface area contributed by atoms with Crippen molar-refractivity contribution in [3.63, 3.8) is 0 Å². The van der Waals surface area contributed by atoms with Crippen LogP contribution < -0.4 is 4.72 Å². The monoisotopic (exact) mass is 407 g/mol. The van der Waals surface area contributed by atoms with Crippen molar-refractivity contribution in [1.82, 2.24) is 4.72 Å². The topological polar surface area (TPSA) is 46.2 Å². The Morgan fingerprint density at radius 1 is 0.714 bits per heavy atom. The summed E-state index contributed by atoms with van der Waals surface area (Å²) in [5.74, 6) is 0. The fraction of sp³-hybridized carbons (Fsp3) is 0.667. The number of sulfonamides is 1. The molecule has 0 aromatic heterocycles. The summed E-state index contributed by atoms with van der Waals surface area (Å²) in [6.07, 6.45) is 22.4. The molecule has 4 heteroatoms. The van der Waals surface area contributed by atoms with Crippen LogP contribution in [0.2, 0.25) is 0 Å². The van der Waals surface area contributed by atoms with Gasteiger partial charge >= 0.3 is 0 Å². The minimum Gasteiger partial charge on any atom is -0.211 e. The Hall–Kier alpha value is -1.13. The number of benzene rings is 1. The van der Waals surface area contributed by atoms with Crippen LogP contribution >= 0.6 is 0 Å². The summed E-state index contributed by atoms with van der Waals surface area (Å²) in [7, 11) is -3.34. The molecule has 3 nitrogen and oxygen atoms in total. The Balaban J connectivity index is 1.87. The van der Waals surface area contributed by atoms with E-state index >= 15 is 0 Å². The predicted molar refractivity (Wildman–Crippen MR) is 121 cm³/mol. The Morgan fingerprint density at radius 2 is 1.21 bits per heavy atom. The van der Waals surface area contributed by atoms with Crippen LogP contribution in [0.5, 0.6) is 0 Å². The average Bonchev–Trinajstić information content (AvgIpc) is 2.71. The smallest absolute Gasteiger partial charge is 0.211 e. The van der Waals surface area contributed by atoms with Crippen LogP contribution in [0.25, 0.3) is 0 Å². The highest BCUT2D eigenvalue weighted by molar-refractivity contribution is 7.89. The lowest BCUT2D eigenvalue weighted by Gasteiger charge is -2.06. The molecule has 0 aliphatic heterocycles. The van der Waals surface area contributed by atoms with Gasteiger partial charge in [-0.1, -0.05) is 95.1 Å². The van der Waals surface area contributed by atoms with Gasteiger partial charge in [-0.15, -0.1) is 0 Å². The first-order chi connectivity index (χ1) is 13.7. The lowest BCUT2D eigenvalue weighted by atomic mass is 10.1. The van der Waals surface area contributed by atoms with Crippen LogP contribution in [0.1, 0.15) is 96.8 Å². The molecule has 1 aromatic carbocycles. The molecule has 0 heterocycles. The number of hydrogen-bond acceptors (Lipinski definition) is 2. The third-order valence-corrected chi connectivity index (χ3v) is 6.51. The molecule has 0 aliphatic rings. The molecular formula is C24H41NO2S. The van der Waals surface area contributed by atoms with Crippen LogP contribution in [0.4, 0.5) is 0 Å². The first-order valence-electron chi connectivity index (χ1n) is 11.4. The molecule has 0 radical (unpaired) electrons. The summed E-state index contributed by atoms with van der Waals surface area (Å²) >= 11 is 0. The maximum absolute atomic E-state index is 12.1. The highest BCUT2D eigenvalue weighted by Gasteiger charge is 2.11. The quantitative estimate of drug-likeness (QED) is 0.210. The SMILES string of the molecule is CCCCCCCCC=CCCCCCCCCNS(=O)(=O)c1ccccc1. The van der Waals surface area contributed by atoms with E-state index in [1.807, 2.05) is 6.07 Å². The molecule has 28 heavy (non-hydrogen) atoms. The Bertz CT molecular complexity index is 596. The van der Waals surface area contributed by atoms with Crippen molar-refractivity contribution in [1.29, 1.82) is 0 Å². The summed E-state index contributed by atoms with van der Waals surface area (Å²) in [6.45, 7) is 2.79. The maximum atomic E-state index is 12.1. The molecule has 0 fully saturated rings. The standard InChI is InChI=1S/C24H41NO2S/c1-2-3-4-5-6-7-8-9-10-11-12-13-14-15-16-20-23-25-28(26,27)24-21-18-17-19-22-24/h9-10,17-19,21-22,25H,2-8,11-16,20,23H2,1H3. The molecule has 160 valence electrons. The van der Waals surface area contributed by atoms with E-state index in [1.54, 1.807) is 24.3 Å². The third-order valence-electron chi connectivity index (χ3n) is 5.03. The fourth-order valence-electron chi connectivity index (χ4n) is 3.26. The summed E-state index contributed by atoms with van der Waals surface area (Å²) in [5, 5.41) is 0. The number of unbranched alkanes of at least 4 members (excludes halogenated alkanes) is 12. The molecule has 1 aromatic rings. The van der Waals surface area contributed by atoms with Gasteiger partial charge in [0.2, 0.25) is 10.0 Å². The van der Waals surface area contributed by atoms with Crippen molar-refractivity contribution >= 4 is 10.0 Å². The van der Waals surface area contributed by atoms with Crippen molar-refractivity contribution < 1.29 is 8.42 Å². The minimum atomic E-state index is -3.34. The first-order valence-corrected chi connectivity index (χ1v) is 12.8. The second kappa shape index (κ2) is 16.8. The number of nitrogens with one attached hydrogen (secondary N) is 1. The highest BCUT2D eigenvalue weighted by atomic mass is 32.2. The van der Waals surface area contributed by atoms with Gasteiger partial charge in [-0.05, 0) is 44.2 Å². The molecule has 0 atom stereocenters. The summed E-state index contributed by atoms with van der Waals surface area (Å²) in [6, 6.07) is 8.58. The van der Waals surface area contributed by atoms with E-state index in [1.165, 1.54) is 77.0 Å². The lowest BCUT2D eigenvalue weighted by molar-refractivity contribution is 0.565. The molecule has 1 rings (SSSR count). The van der Waals surface area contributed by atoms with Gasteiger partial charge < -0.3 is 0 Å². The van der Waals surface area contributed by atoms with Crippen molar-refractivity contribution in [3.8, 4) is 0 Å². The molecular weight excluding hydrogens is 366 g/mol. The van der Waals surface area contributed by atoms with E-state index in [0.29, 0.717) is 11.4 Å². The largest absolute Gasteiger partial charge is 0.240 e. The van der Waals surface area contributed by atoms with Crippen LogP contribution in [0.3, 0.4) is 0 Å². The highest BCUT2D eigenvalue weighted by Crippen LogP contribution is 2.11. The average molecular weight is 408 g/mol. The normalized spacial score (nSPS) is 12.0. The molecule has 0 bridgehead atoms. The van der Waals surface area contributed by atoms with Gasteiger partial charge in [0.25, 0.3) is 0 Å². The Labute approximate surface area is 174 Å². The number of hydrogen-bond donors (Lipinski definition) is 1. The van der Waals surface area contributed by atoms with Gasteiger partial charge in [-0.25, -0.2) is 13.1 Å². The van der Waals surface area contributed by atoms with Crippen LogP contribution in [0, 0.1) is 0 Å². The van der Waals surface area contributed by atoms with E-state index < -0.39 is 10.0 Å². The minimum absolute atomic E-state index is 0.347. The van der Waals surface area contributed by atoms with E-state index in [-0.39, 0.29) is 0 Å². The Kier molecular flexibility index (Phi) is 14.9. The van der Waals surface area contributed by atoms with Gasteiger partial charge in [0, 0.05) is 6.54 Å². The van der Waals surface area contributed by atoms with E-state index in [4.69, 9.17) is 0 Å². The van der Waals surface area contributed by atoms with Gasteiger partial charge in [-0.3, -0.25) is 0 Å². The summed E-state index contributed by atoms with van der Waals surface area (Å²) in [5.41, 5.74) is 0. The van der Waals surface area contributed by atoms with Crippen LogP contribution in [0.15, 0.2) is 47.4 Å². The van der Waals surface area contributed by atoms with E-state index in [2.05, 4.69) is 23.8 Å². The second-order valence-corrected chi connectivity index (χ2v) is 9.42. The van der Waals surface area contributed by atoms with Gasteiger partial charge in [0.05, 0.1) is 4.90 Å². The third kappa shape index (κ3) is 13.1. The van der Waals surface area contributed by atoms with Crippen LogP contribution in [-0.4, -0.2) is 15.0 Å². The van der Waals surface area contributed by atoms with E-state index in [0.717, 1.165) is 12.8 Å². The maximum Gasteiger partial charge on any atom is 0.240 e. The van der Waals surface area contributed by atoms with Crippen molar-refractivity contribution in [3.05, 3.63) is 42.5 Å². The van der Waals surface area contributed by atoms with E-state index in [9.17, 15) is 8.42 Å². The first kappa shape index (κ1) is 24.9. The van der Waals surface area contributed by atoms with Gasteiger partial charge in [0.15, 0.2) is 0 Å².